The molecule has 2 aromatic rings. The van der Waals surface area contributed by atoms with E-state index in [1.165, 1.54) is 36.4 Å². The van der Waals surface area contributed by atoms with Gasteiger partial charge in [-0.25, -0.2) is 9.67 Å². The second-order valence-corrected chi connectivity index (χ2v) is 7.36. The Morgan fingerprint density at radius 3 is 2.46 bits per heavy atom. The maximum Gasteiger partial charge on any atom is 0.266 e. The minimum Gasteiger partial charge on any atom is -0.474 e. The van der Waals surface area contributed by atoms with Crippen molar-refractivity contribution in [3.8, 4) is 17.1 Å². The molecular weight excluding hydrogens is 328 g/mol. The van der Waals surface area contributed by atoms with Gasteiger partial charge in [0.1, 0.15) is 6.10 Å². The minimum atomic E-state index is -0.120. The molecule has 1 saturated heterocycles. The molecule has 1 aliphatic carbocycles. The average molecular weight is 354 g/mol. The number of aromatic nitrogens is 3. The Balaban J connectivity index is 1.34. The van der Waals surface area contributed by atoms with E-state index in [1.807, 2.05) is 12.1 Å². The lowest BCUT2D eigenvalue weighted by molar-refractivity contribution is 0.0741. The zero-order valence-corrected chi connectivity index (χ0v) is 15.3. The van der Waals surface area contributed by atoms with Crippen molar-refractivity contribution in [1.29, 1.82) is 0 Å². The number of ether oxygens (including phenoxy) is 1. The molecule has 0 aromatic carbocycles. The molecule has 2 aromatic heterocycles. The predicted octanol–water partition coefficient (Wildman–Crippen LogP) is 2.63. The molecule has 0 unspecified atom stereocenters. The molecule has 26 heavy (non-hydrogen) atoms. The Kier molecular flexibility index (Phi) is 5.02. The van der Waals surface area contributed by atoms with Crippen molar-refractivity contribution in [2.24, 2.45) is 7.05 Å². The van der Waals surface area contributed by atoms with Crippen LogP contribution in [0.1, 0.15) is 38.5 Å². The van der Waals surface area contributed by atoms with Crippen LogP contribution in [-0.4, -0.2) is 44.9 Å². The highest BCUT2D eigenvalue weighted by molar-refractivity contribution is 5.57. The van der Waals surface area contributed by atoms with Crippen molar-refractivity contribution in [3.05, 3.63) is 40.8 Å². The van der Waals surface area contributed by atoms with Gasteiger partial charge in [-0.3, -0.25) is 4.79 Å². The molecule has 6 heteroatoms. The fourth-order valence-electron chi connectivity index (χ4n) is 4.06. The first-order chi connectivity index (χ1) is 12.7. The van der Waals surface area contributed by atoms with Crippen LogP contribution in [0, 0.1) is 0 Å². The summed E-state index contributed by atoms with van der Waals surface area (Å²) in [6.45, 7) is 2.27. The van der Waals surface area contributed by atoms with Crippen LogP contribution in [0.15, 0.2) is 35.3 Å². The number of pyridine rings is 1. The van der Waals surface area contributed by atoms with Crippen LogP contribution < -0.4 is 10.3 Å². The van der Waals surface area contributed by atoms with Crippen LogP contribution in [0.25, 0.3) is 11.3 Å². The van der Waals surface area contributed by atoms with Gasteiger partial charge in [-0.1, -0.05) is 12.8 Å². The summed E-state index contributed by atoms with van der Waals surface area (Å²) in [6, 6.07) is 7.89. The topological polar surface area (TPSA) is 60.2 Å². The predicted molar refractivity (Wildman–Crippen MR) is 100 cm³/mol. The molecule has 0 amide bonds. The molecule has 4 rings (SSSR count). The number of hydrogen-bond donors (Lipinski definition) is 0. The van der Waals surface area contributed by atoms with Gasteiger partial charge >= 0.3 is 0 Å². The van der Waals surface area contributed by atoms with Crippen LogP contribution in [0.3, 0.4) is 0 Å². The van der Waals surface area contributed by atoms with Gasteiger partial charge in [0, 0.05) is 50.1 Å². The fraction of sp³-hybridized carbons (Fsp3) is 0.550. The van der Waals surface area contributed by atoms with Crippen LogP contribution in [0.2, 0.25) is 0 Å². The molecule has 0 N–H and O–H groups in total. The molecule has 0 spiro atoms. The lowest BCUT2D eigenvalue weighted by Crippen LogP contribution is -2.43. The van der Waals surface area contributed by atoms with Crippen molar-refractivity contribution < 1.29 is 4.74 Å². The van der Waals surface area contributed by atoms with E-state index in [0.717, 1.165) is 43.2 Å². The summed E-state index contributed by atoms with van der Waals surface area (Å²) in [5.74, 6) is 0.665. The third-order valence-electron chi connectivity index (χ3n) is 5.60. The lowest BCUT2D eigenvalue weighted by atomic mass is 10.0. The lowest BCUT2D eigenvalue weighted by Gasteiger charge is -2.35. The normalized spacial score (nSPS) is 19.7. The van der Waals surface area contributed by atoms with Crippen LogP contribution in [0.4, 0.5) is 0 Å². The Morgan fingerprint density at radius 2 is 1.81 bits per heavy atom. The highest BCUT2D eigenvalue weighted by Gasteiger charge is 2.27. The van der Waals surface area contributed by atoms with E-state index in [1.54, 1.807) is 19.3 Å². The smallest absolute Gasteiger partial charge is 0.266 e. The summed E-state index contributed by atoms with van der Waals surface area (Å²) >= 11 is 0. The molecule has 3 heterocycles. The minimum absolute atomic E-state index is 0.120. The highest BCUT2D eigenvalue weighted by Crippen LogP contribution is 2.27. The van der Waals surface area contributed by atoms with Gasteiger partial charge in [0.05, 0.1) is 5.69 Å². The van der Waals surface area contributed by atoms with Crippen molar-refractivity contribution in [2.75, 3.05) is 13.1 Å². The molecule has 0 atom stereocenters. The maximum atomic E-state index is 11.4. The van der Waals surface area contributed by atoms with Gasteiger partial charge < -0.3 is 9.64 Å². The Morgan fingerprint density at radius 1 is 1.04 bits per heavy atom. The molecule has 1 aliphatic heterocycles. The van der Waals surface area contributed by atoms with Crippen LogP contribution >= 0.6 is 0 Å². The number of likely N-dealkylation sites (tertiary alicyclic amines) is 1. The van der Waals surface area contributed by atoms with Crippen molar-refractivity contribution >= 4 is 0 Å². The Hall–Kier alpha value is -2.21. The zero-order valence-electron chi connectivity index (χ0n) is 15.3. The van der Waals surface area contributed by atoms with Crippen LogP contribution in [-0.2, 0) is 7.05 Å². The summed E-state index contributed by atoms with van der Waals surface area (Å²) in [4.78, 5) is 18.5. The van der Waals surface area contributed by atoms with Gasteiger partial charge in [-0.15, -0.1) is 0 Å². The standard InChI is InChI=1S/C20H26N4O2/c1-23-20(25)9-7-18(22-23)15-6-8-19(21-14-15)26-17-10-12-24(13-11-17)16-4-2-3-5-16/h6-9,14,16-17H,2-5,10-13H2,1H3. The van der Waals surface area contributed by atoms with Crippen LogP contribution in [0.5, 0.6) is 5.88 Å². The third-order valence-corrected chi connectivity index (χ3v) is 5.60. The van der Waals surface area contributed by atoms with E-state index in [2.05, 4.69) is 15.0 Å². The van der Waals surface area contributed by atoms with E-state index in [-0.39, 0.29) is 11.7 Å². The summed E-state index contributed by atoms with van der Waals surface area (Å²) in [5, 5.41) is 4.25. The fourth-order valence-corrected chi connectivity index (χ4v) is 4.06. The van der Waals surface area contributed by atoms with Crippen molar-refractivity contribution in [3.63, 3.8) is 0 Å². The van der Waals surface area contributed by atoms with Crippen molar-refractivity contribution in [2.45, 2.75) is 50.7 Å². The van der Waals surface area contributed by atoms with Gasteiger partial charge in [0.15, 0.2) is 0 Å². The molecule has 2 fully saturated rings. The van der Waals surface area contributed by atoms with E-state index in [9.17, 15) is 4.79 Å². The van der Waals surface area contributed by atoms with E-state index < -0.39 is 0 Å². The summed E-state index contributed by atoms with van der Waals surface area (Å²) in [7, 11) is 1.65. The van der Waals surface area contributed by atoms with Gasteiger partial charge in [-0.05, 0) is 37.8 Å². The highest BCUT2D eigenvalue weighted by atomic mass is 16.5. The second-order valence-electron chi connectivity index (χ2n) is 7.36. The van der Waals surface area contributed by atoms with Gasteiger partial charge in [-0.2, -0.15) is 5.10 Å². The molecule has 0 radical (unpaired) electrons. The largest absolute Gasteiger partial charge is 0.474 e. The monoisotopic (exact) mass is 354 g/mol. The first kappa shape index (κ1) is 17.2. The number of rotatable bonds is 4. The van der Waals surface area contributed by atoms with Gasteiger partial charge in [0.25, 0.3) is 5.56 Å². The number of nitrogens with zero attached hydrogens (tertiary/aromatic N) is 4. The maximum absolute atomic E-state index is 11.4. The molecule has 138 valence electrons. The molecule has 6 nitrogen and oxygen atoms in total. The summed E-state index contributed by atoms with van der Waals surface area (Å²) < 4.78 is 7.42. The zero-order chi connectivity index (χ0) is 17.9. The number of piperidine rings is 1. The summed E-state index contributed by atoms with van der Waals surface area (Å²) in [6.07, 6.45) is 9.67. The molecule has 1 saturated carbocycles. The van der Waals surface area contributed by atoms with E-state index in [4.69, 9.17) is 4.74 Å². The van der Waals surface area contributed by atoms with Gasteiger partial charge in [0.2, 0.25) is 5.88 Å². The van der Waals surface area contributed by atoms with E-state index in [0.29, 0.717) is 5.88 Å². The third kappa shape index (κ3) is 3.80. The molecule has 2 aliphatic rings. The van der Waals surface area contributed by atoms with E-state index >= 15 is 0 Å². The SMILES string of the molecule is Cn1nc(-c2ccc(OC3CCN(C4CCCC4)CC3)nc2)ccc1=O. The second kappa shape index (κ2) is 7.58. The number of aryl methyl sites for hydroxylation is 1. The first-order valence-corrected chi connectivity index (χ1v) is 9.60. The quantitative estimate of drug-likeness (QED) is 0.845. The van der Waals surface area contributed by atoms with Crippen molar-refractivity contribution in [1.82, 2.24) is 19.7 Å². The summed E-state index contributed by atoms with van der Waals surface area (Å²) in [5.41, 5.74) is 1.49. The molecule has 0 bridgehead atoms. The molecular formula is C20H26N4O2. The average Bonchev–Trinajstić information content (AvgIpc) is 3.20. The Bertz CT molecular complexity index is 788. The number of hydrogen-bond acceptors (Lipinski definition) is 5. The first-order valence-electron chi connectivity index (χ1n) is 9.60. The Labute approximate surface area is 153 Å².